The molecule has 1 aromatic heterocycles. The summed E-state index contributed by atoms with van der Waals surface area (Å²) < 4.78 is 0. The molecule has 0 spiro atoms. The number of para-hydroxylation sites is 1. The lowest BCUT2D eigenvalue weighted by molar-refractivity contribution is 1.31. The van der Waals surface area contributed by atoms with Crippen LogP contribution in [0.15, 0.2) is 54.9 Å². The smallest absolute Gasteiger partial charge is 0.0576 e. The Labute approximate surface area is 95.7 Å². The van der Waals surface area contributed by atoms with Crippen LogP contribution >= 0.6 is 0 Å². The van der Waals surface area contributed by atoms with Crippen LogP contribution in [0.5, 0.6) is 0 Å². The number of nitrogens with one attached hydrogen (secondary N) is 1. The Morgan fingerprint density at radius 3 is 2.62 bits per heavy atom. The lowest BCUT2D eigenvalue weighted by Crippen LogP contribution is -1.91. The molecule has 2 aromatic rings. The molecule has 1 N–H and O–H groups in total. The summed E-state index contributed by atoms with van der Waals surface area (Å²) in [5.74, 6) is 0. The molecule has 0 fully saturated rings. The van der Waals surface area contributed by atoms with Gasteiger partial charge in [-0.1, -0.05) is 30.4 Å². The zero-order valence-corrected chi connectivity index (χ0v) is 8.93. The van der Waals surface area contributed by atoms with Gasteiger partial charge in [0.05, 0.1) is 11.9 Å². The van der Waals surface area contributed by atoms with E-state index in [0.29, 0.717) is 0 Å². The maximum Gasteiger partial charge on any atom is 0.0576 e. The topological polar surface area (TPSA) is 24.9 Å². The van der Waals surface area contributed by atoms with Gasteiger partial charge in [0.25, 0.3) is 0 Å². The summed E-state index contributed by atoms with van der Waals surface area (Å²) in [5, 5.41) is 3.29. The lowest BCUT2D eigenvalue weighted by Gasteiger charge is -2.05. The summed E-state index contributed by atoms with van der Waals surface area (Å²) >= 11 is 0. The third kappa shape index (κ3) is 2.70. The molecule has 1 radical (unpaired) electrons. The van der Waals surface area contributed by atoms with E-state index in [9.17, 15) is 0 Å². The van der Waals surface area contributed by atoms with Gasteiger partial charge in [0, 0.05) is 11.9 Å². The standard InChI is InChI=1S/C14H13N2/c1-2-6-12-9-14(11-15-10-12)16-13-7-4-3-5-8-13/h2-11,16H,1H2/b6-2+. The summed E-state index contributed by atoms with van der Waals surface area (Å²) in [7, 11) is 0. The summed E-state index contributed by atoms with van der Waals surface area (Å²) in [6.45, 7) is 3.67. The monoisotopic (exact) mass is 209 g/mol. The van der Waals surface area contributed by atoms with Crippen molar-refractivity contribution >= 4 is 17.5 Å². The molecule has 0 saturated carbocycles. The molecule has 1 heterocycles. The Hall–Kier alpha value is -2.09. The first kappa shape index (κ1) is 10.4. The van der Waals surface area contributed by atoms with Crippen LogP contribution in [0.1, 0.15) is 5.56 Å². The van der Waals surface area contributed by atoms with E-state index in [1.165, 1.54) is 0 Å². The van der Waals surface area contributed by atoms with E-state index in [4.69, 9.17) is 0 Å². The number of hydrogen-bond donors (Lipinski definition) is 1. The van der Waals surface area contributed by atoms with Gasteiger partial charge in [-0.25, -0.2) is 0 Å². The maximum atomic E-state index is 4.16. The zero-order chi connectivity index (χ0) is 11.2. The van der Waals surface area contributed by atoms with Crippen LogP contribution in [-0.4, -0.2) is 4.98 Å². The molecular weight excluding hydrogens is 196 g/mol. The highest BCUT2D eigenvalue weighted by Crippen LogP contribution is 2.16. The number of rotatable bonds is 3. The predicted molar refractivity (Wildman–Crippen MR) is 68.4 cm³/mol. The second-order valence-corrected chi connectivity index (χ2v) is 3.40. The normalized spacial score (nSPS) is 10.6. The van der Waals surface area contributed by atoms with Crippen molar-refractivity contribution in [3.63, 3.8) is 0 Å². The molecule has 79 valence electrons. The minimum Gasteiger partial charge on any atom is -0.354 e. The van der Waals surface area contributed by atoms with Crippen LogP contribution < -0.4 is 5.32 Å². The summed E-state index contributed by atoms with van der Waals surface area (Å²) in [6.07, 6.45) is 7.28. The van der Waals surface area contributed by atoms with Crippen LogP contribution in [-0.2, 0) is 0 Å². The van der Waals surface area contributed by atoms with Gasteiger partial charge in [0.2, 0.25) is 0 Å². The van der Waals surface area contributed by atoms with Crippen LogP contribution in [0.25, 0.3) is 6.08 Å². The van der Waals surface area contributed by atoms with E-state index in [0.717, 1.165) is 16.9 Å². The number of allylic oxidation sites excluding steroid dienone is 1. The molecule has 2 rings (SSSR count). The molecule has 0 bridgehead atoms. The second kappa shape index (κ2) is 5.12. The van der Waals surface area contributed by atoms with Crippen LogP contribution in [0.2, 0.25) is 0 Å². The molecular formula is C14H13N2. The van der Waals surface area contributed by atoms with Crippen LogP contribution in [0.3, 0.4) is 0 Å². The fourth-order valence-corrected chi connectivity index (χ4v) is 1.44. The Morgan fingerprint density at radius 2 is 1.88 bits per heavy atom. The third-order valence-corrected chi connectivity index (χ3v) is 2.13. The van der Waals surface area contributed by atoms with Gasteiger partial charge in [-0.3, -0.25) is 4.98 Å². The number of anilines is 2. The molecule has 0 aliphatic rings. The Balaban J connectivity index is 2.19. The van der Waals surface area contributed by atoms with E-state index < -0.39 is 0 Å². The number of benzene rings is 1. The van der Waals surface area contributed by atoms with E-state index in [2.05, 4.69) is 17.2 Å². The molecule has 0 aliphatic heterocycles. The SMILES string of the molecule is [CH2]/C=C/c1cncc(Nc2ccccc2)c1. The molecule has 0 unspecified atom stereocenters. The van der Waals surface area contributed by atoms with Gasteiger partial charge < -0.3 is 5.32 Å². The molecule has 0 aliphatic carbocycles. The number of nitrogens with zero attached hydrogens (tertiary/aromatic N) is 1. The predicted octanol–water partition coefficient (Wildman–Crippen LogP) is 3.67. The first-order valence-corrected chi connectivity index (χ1v) is 5.11. The average molecular weight is 209 g/mol. The number of hydrogen-bond acceptors (Lipinski definition) is 2. The van der Waals surface area contributed by atoms with E-state index in [1.54, 1.807) is 18.5 Å². The largest absolute Gasteiger partial charge is 0.354 e. The number of pyridine rings is 1. The molecule has 1 aromatic carbocycles. The minimum absolute atomic E-state index is 0.974. The highest BCUT2D eigenvalue weighted by molar-refractivity contribution is 5.62. The number of aromatic nitrogens is 1. The van der Waals surface area contributed by atoms with Crippen molar-refractivity contribution in [2.45, 2.75) is 0 Å². The summed E-state index contributed by atoms with van der Waals surface area (Å²) in [4.78, 5) is 4.16. The molecule has 0 atom stereocenters. The van der Waals surface area contributed by atoms with Crippen LogP contribution in [0.4, 0.5) is 11.4 Å². The van der Waals surface area contributed by atoms with Gasteiger partial charge >= 0.3 is 0 Å². The van der Waals surface area contributed by atoms with Crippen molar-refractivity contribution in [2.24, 2.45) is 0 Å². The second-order valence-electron chi connectivity index (χ2n) is 3.40. The van der Waals surface area contributed by atoms with Gasteiger partial charge in [-0.05, 0) is 30.7 Å². The average Bonchev–Trinajstić information content (AvgIpc) is 2.31. The fourth-order valence-electron chi connectivity index (χ4n) is 1.44. The summed E-state index contributed by atoms with van der Waals surface area (Å²) in [6, 6.07) is 12.0. The van der Waals surface area contributed by atoms with Crippen molar-refractivity contribution in [3.05, 3.63) is 67.4 Å². The minimum atomic E-state index is 0.974. The molecule has 16 heavy (non-hydrogen) atoms. The van der Waals surface area contributed by atoms with Crippen molar-refractivity contribution in [1.29, 1.82) is 0 Å². The lowest BCUT2D eigenvalue weighted by atomic mass is 10.2. The molecule has 0 amide bonds. The van der Waals surface area contributed by atoms with Crippen molar-refractivity contribution in [2.75, 3.05) is 5.32 Å². The van der Waals surface area contributed by atoms with E-state index in [1.807, 2.05) is 42.5 Å². The molecule has 2 nitrogen and oxygen atoms in total. The first-order chi connectivity index (χ1) is 7.88. The highest BCUT2D eigenvalue weighted by Gasteiger charge is 1.94. The van der Waals surface area contributed by atoms with Crippen molar-refractivity contribution < 1.29 is 0 Å². The first-order valence-electron chi connectivity index (χ1n) is 5.11. The molecule has 2 heteroatoms. The molecule has 0 saturated heterocycles. The Bertz CT molecular complexity index is 475. The van der Waals surface area contributed by atoms with Crippen molar-refractivity contribution in [3.8, 4) is 0 Å². The zero-order valence-electron chi connectivity index (χ0n) is 8.93. The van der Waals surface area contributed by atoms with Gasteiger partial charge in [0.1, 0.15) is 0 Å². The van der Waals surface area contributed by atoms with Crippen LogP contribution in [0, 0.1) is 6.92 Å². The third-order valence-electron chi connectivity index (χ3n) is 2.13. The maximum absolute atomic E-state index is 4.16. The van der Waals surface area contributed by atoms with Crippen molar-refractivity contribution in [1.82, 2.24) is 4.98 Å². The van der Waals surface area contributed by atoms with Gasteiger partial charge in [-0.2, -0.15) is 0 Å². The highest BCUT2D eigenvalue weighted by atomic mass is 14.9. The quantitative estimate of drug-likeness (QED) is 0.834. The Kier molecular flexibility index (Phi) is 3.34. The van der Waals surface area contributed by atoms with E-state index in [-0.39, 0.29) is 0 Å². The van der Waals surface area contributed by atoms with E-state index >= 15 is 0 Å². The Morgan fingerprint density at radius 1 is 1.06 bits per heavy atom. The van der Waals surface area contributed by atoms with Gasteiger partial charge in [0.15, 0.2) is 0 Å². The summed E-state index contributed by atoms with van der Waals surface area (Å²) in [5.41, 5.74) is 3.07. The fraction of sp³-hybridized carbons (Fsp3) is 0. The van der Waals surface area contributed by atoms with Gasteiger partial charge in [-0.15, -0.1) is 0 Å².